The van der Waals surface area contributed by atoms with Crippen molar-refractivity contribution in [1.82, 2.24) is 4.90 Å². The van der Waals surface area contributed by atoms with Crippen LogP contribution in [0, 0.1) is 0 Å². The maximum Gasteiger partial charge on any atom is 0.258 e. The normalized spacial score (nSPS) is 20.0. The van der Waals surface area contributed by atoms with E-state index in [-0.39, 0.29) is 12.0 Å². The highest BCUT2D eigenvalue weighted by Gasteiger charge is 2.42. The highest BCUT2D eigenvalue weighted by atomic mass is 16.5. The number of carbonyl (C=O) groups excluding carboxylic acids is 1. The molecular formula is C23H30N2O2. The Morgan fingerprint density at radius 3 is 2.67 bits per heavy atom. The fraction of sp³-hybridized carbons (Fsp3) is 0.435. The lowest BCUT2D eigenvalue weighted by Crippen LogP contribution is -2.56. The van der Waals surface area contributed by atoms with E-state index < -0.39 is 5.66 Å². The lowest BCUT2D eigenvalue weighted by molar-refractivity contribution is 0.0530. The van der Waals surface area contributed by atoms with Gasteiger partial charge in [-0.25, -0.2) is 0 Å². The molecule has 2 aromatic carbocycles. The van der Waals surface area contributed by atoms with Gasteiger partial charge < -0.3 is 15.0 Å². The summed E-state index contributed by atoms with van der Waals surface area (Å²) in [5, 5.41) is 3.62. The third kappa shape index (κ3) is 3.80. The van der Waals surface area contributed by atoms with Crippen LogP contribution in [0.2, 0.25) is 0 Å². The molecule has 2 aromatic rings. The van der Waals surface area contributed by atoms with E-state index in [4.69, 9.17) is 4.74 Å². The number of fused-ring (bicyclic) bond motifs is 1. The van der Waals surface area contributed by atoms with E-state index in [1.54, 1.807) is 0 Å². The standard InChI is InChI=1S/C23H30N2O2/c1-5-7-15-25-22(26)20-13-8-9-14-21(20)24-23(25,4)18-11-10-12-19(16-18)27-17(3)6-2/h8-14,16-17,24H,5-7,15H2,1-4H3. The Morgan fingerprint density at radius 2 is 1.93 bits per heavy atom. The van der Waals surface area contributed by atoms with Gasteiger partial charge in [-0.3, -0.25) is 4.79 Å². The summed E-state index contributed by atoms with van der Waals surface area (Å²) in [5.74, 6) is 0.917. The molecule has 0 saturated carbocycles. The van der Waals surface area contributed by atoms with E-state index in [1.807, 2.05) is 41.3 Å². The van der Waals surface area contributed by atoms with E-state index in [9.17, 15) is 4.79 Å². The van der Waals surface area contributed by atoms with Gasteiger partial charge in [-0.05, 0) is 51.0 Å². The van der Waals surface area contributed by atoms with Crippen molar-refractivity contribution in [2.24, 2.45) is 0 Å². The van der Waals surface area contributed by atoms with E-state index >= 15 is 0 Å². The van der Waals surface area contributed by atoms with Crippen LogP contribution in [-0.4, -0.2) is 23.5 Å². The van der Waals surface area contributed by atoms with Crippen LogP contribution in [0.1, 0.15) is 62.9 Å². The van der Waals surface area contributed by atoms with Crippen molar-refractivity contribution in [3.05, 3.63) is 59.7 Å². The molecule has 0 aromatic heterocycles. The zero-order chi connectivity index (χ0) is 19.4. The Bertz CT molecular complexity index is 804. The van der Waals surface area contributed by atoms with Crippen LogP contribution in [0.3, 0.4) is 0 Å². The van der Waals surface area contributed by atoms with Crippen LogP contribution in [0.15, 0.2) is 48.5 Å². The van der Waals surface area contributed by atoms with Crippen molar-refractivity contribution >= 4 is 11.6 Å². The van der Waals surface area contributed by atoms with Crippen molar-refractivity contribution < 1.29 is 9.53 Å². The number of anilines is 1. The molecule has 2 unspecified atom stereocenters. The van der Waals surface area contributed by atoms with Crippen molar-refractivity contribution in [2.45, 2.75) is 58.7 Å². The second-order valence-electron chi connectivity index (χ2n) is 7.42. The fourth-order valence-corrected chi connectivity index (χ4v) is 3.51. The molecule has 3 rings (SSSR count). The summed E-state index contributed by atoms with van der Waals surface area (Å²) in [6, 6.07) is 15.9. The second-order valence-corrected chi connectivity index (χ2v) is 7.42. The van der Waals surface area contributed by atoms with Crippen LogP contribution in [0.4, 0.5) is 5.69 Å². The molecule has 144 valence electrons. The molecule has 1 amide bonds. The number of hydrogen-bond acceptors (Lipinski definition) is 3. The summed E-state index contributed by atoms with van der Waals surface area (Å²) in [6.45, 7) is 9.12. The molecule has 0 spiro atoms. The smallest absolute Gasteiger partial charge is 0.258 e. The number of hydrogen-bond donors (Lipinski definition) is 1. The summed E-state index contributed by atoms with van der Waals surface area (Å²) in [7, 11) is 0. The summed E-state index contributed by atoms with van der Waals surface area (Å²) >= 11 is 0. The van der Waals surface area contributed by atoms with Gasteiger partial charge in [0.05, 0.1) is 11.7 Å². The number of unbranched alkanes of at least 4 members (excludes halogenated alkanes) is 1. The summed E-state index contributed by atoms with van der Waals surface area (Å²) in [5.41, 5.74) is 2.03. The maximum absolute atomic E-state index is 13.3. The summed E-state index contributed by atoms with van der Waals surface area (Å²) in [4.78, 5) is 15.2. The Kier molecular flexibility index (Phi) is 5.73. The van der Waals surface area contributed by atoms with Crippen molar-refractivity contribution in [3.8, 4) is 5.75 Å². The average molecular weight is 367 g/mol. The molecule has 1 aliphatic heterocycles. The molecule has 1 N–H and O–H groups in total. The van der Waals surface area contributed by atoms with Gasteiger partial charge in [0, 0.05) is 17.8 Å². The van der Waals surface area contributed by atoms with Crippen molar-refractivity contribution in [3.63, 3.8) is 0 Å². The first-order valence-corrected chi connectivity index (χ1v) is 9.96. The molecule has 4 heteroatoms. The predicted octanol–water partition coefficient (Wildman–Crippen LogP) is 5.40. The molecule has 1 heterocycles. The number of amides is 1. The number of benzene rings is 2. The minimum Gasteiger partial charge on any atom is -0.491 e. The van der Waals surface area contributed by atoms with Gasteiger partial charge >= 0.3 is 0 Å². The Morgan fingerprint density at radius 1 is 1.15 bits per heavy atom. The molecule has 1 aliphatic rings. The van der Waals surface area contributed by atoms with Gasteiger partial charge in [0.2, 0.25) is 0 Å². The first-order valence-electron chi connectivity index (χ1n) is 9.96. The first kappa shape index (κ1) is 19.3. The third-order valence-corrected chi connectivity index (χ3v) is 5.36. The highest BCUT2D eigenvalue weighted by molar-refractivity contribution is 6.02. The van der Waals surface area contributed by atoms with E-state index in [1.165, 1.54) is 0 Å². The van der Waals surface area contributed by atoms with Gasteiger partial charge in [0.1, 0.15) is 11.4 Å². The van der Waals surface area contributed by atoms with Crippen molar-refractivity contribution in [2.75, 3.05) is 11.9 Å². The number of rotatable bonds is 7. The van der Waals surface area contributed by atoms with E-state index in [2.05, 4.69) is 45.1 Å². The van der Waals surface area contributed by atoms with Crippen molar-refractivity contribution in [1.29, 1.82) is 0 Å². The van der Waals surface area contributed by atoms with Gasteiger partial charge in [-0.15, -0.1) is 0 Å². The van der Waals surface area contributed by atoms with Crippen LogP contribution >= 0.6 is 0 Å². The zero-order valence-electron chi connectivity index (χ0n) is 16.8. The van der Waals surface area contributed by atoms with Crippen LogP contribution in [0.25, 0.3) is 0 Å². The third-order valence-electron chi connectivity index (χ3n) is 5.36. The minimum absolute atomic E-state index is 0.0774. The van der Waals surface area contributed by atoms with Gasteiger partial charge in [-0.1, -0.05) is 44.5 Å². The van der Waals surface area contributed by atoms with Crippen LogP contribution in [0.5, 0.6) is 5.75 Å². The molecule has 0 fully saturated rings. The van der Waals surface area contributed by atoms with Gasteiger partial charge in [0.15, 0.2) is 0 Å². The van der Waals surface area contributed by atoms with Gasteiger partial charge in [0.25, 0.3) is 5.91 Å². The molecule has 4 nitrogen and oxygen atoms in total. The summed E-state index contributed by atoms with van der Waals surface area (Å²) in [6.07, 6.45) is 3.12. The number of para-hydroxylation sites is 1. The largest absolute Gasteiger partial charge is 0.491 e. The summed E-state index contributed by atoms with van der Waals surface area (Å²) < 4.78 is 6.02. The molecule has 0 radical (unpaired) electrons. The monoisotopic (exact) mass is 366 g/mol. The molecular weight excluding hydrogens is 336 g/mol. The average Bonchev–Trinajstić information content (AvgIpc) is 2.68. The molecule has 2 atom stereocenters. The fourth-order valence-electron chi connectivity index (χ4n) is 3.51. The number of nitrogens with zero attached hydrogens (tertiary/aromatic N) is 1. The number of ether oxygens (including phenoxy) is 1. The zero-order valence-corrected chi connectivity index (χ0v) is 16.8. The topological polar surface area (TPSA) is 41.6 Å². The van der Waals surface area contributed by atoms with Gasteiger partial charge in [-0.2, -0.15) is 0 Å². The SMILES string of the molecule is CCCCN1C(=O)c2ccccc2NC1(C)c1cccc(OC(C)CC)c1. The van der Waals surface area contributed by atoms with Crippen LogP contribution in [-0.2, 0) is 5.66 Å². The molecule has 0 saturated heterocycles. The maximum atomic E-state index is 13.3. The minimum atomic E-state index is -0.616. The molecule has 27 heavy (non-hydrogen) atoms. The Hall–Kier alpha value is -2.49. The van der Waals surface area contributed by atoms with Crippen LogP contribution < -0.4 is 10.1 Å². The quantitative estimate of drug-likeness (QED) is 0.713. The Balaban J connectivity index is 2.02. The van der Waals surface area contributed by atoms with E-state index in [0.29, 0.717) is 6.54 Å². The predicted molar refractivity (Wildman–Crippen MR) is 110 cm³/mol. The first-order chi connectivity index (χ1) is 13.0. The number of nitrogens with one attached hydrogen (secondary N) is 1. The highest BCUT2D eigenvalue weighted by Crippen LogP contribution is 2.38. The second kappa shape index (κ2) is 8.03. The van der Waals surface area contributed by atoms with E-state index in [0.717, 1.165) is 41.8 Å². The lowest BCUT2D eigenvalue weighted by Gasteiger charge is -2.47. The molecule has 0 aliphatic carbocycles. The lowest BCUT2D eigenvalue weighted by atomic mass is 9.93. The number of carbonyl (C=O) groups is 1. The molecule has 0 bridgehead atoms. The Labute approximate surface area is 162 Å².